The fourth-order valence-corrected chi connectivity index (χ4v) is 2.35. The van der Waals surface area contributed by atoms with Crippen molar-refractivity contribution in [2.75, 3.05) is 19.7 Å². The second-order valence-corrected chi connectivity index (χ2v) is 4.54. The lowest BCUT2D eigenvalue weighted by molar-refractivity contribution is -0.147. The predicted molar refractivity (Wildman–Crippen MR) is 64.6 cm³/mol. The molecule has 5 heteroatoms. The first-order chi connectivity index (χ1) is 7.27. The monoisotopic (exact) mass is 248 g/mol. The van der Waals surface area contributed by atoms with Crippen molar-refractivity contribution < 1.29 is 9.53 Å². The standard InChI is InChI=1S/C11H20N2O2.ClH/c12-9-4-3-6-13(8-9)11(14)10-5-1-2-7-15-10;/h9-10H,1-8,12H2;1H/t9-,10?;/m1./s1. The third kappa shape index (κ3) is 3.34. The molecule has 0 radical (unpaired) electrons. The lowest BCUT2D eigenvalue weighted by atomic mass is 10.0. The van der Waals surface area contributed by atoms with E-state index in [4.69, 9.17) is 10.5 Å². The molecule has 0 spiro atoms. The molecule has 0 aromatic rings. The molecule has 1 unspecified atom stereocenters. The van der Waals surface area contributed by atoms with Gasteiger partial charge in [0.2, 0.25) is 0 Å². The van der Waals surface area contributed by atoms with Crippen molar-refractivity contribution in [3.8, 4) is 0 Å². The Morgan fingerprint density at radius 3 is 2.69 bits per heavy atom. The molecule has 94 valence electrons. The normalized spacial score (nSPS) is 30.7. The smallest absolute Gasteiger partial charge is 0.251 e. The minimum atomic E-state index is -0.191. The van der Waals surface area contributed by atoms with Crippen LogP contribution in [0.3, 0.4) is 0 Å². The number of hydrogen-bond donors (Lipinski definition) is 1. The number of rotatable bonds is 1. The number of nitrogens with zero attached hydrogens (tertiary/aromatic N) is 1. The summed E-state index contributed by atoms with van der Waals surface area (Å²) in [6.45, 7) is 2.29. The van der Waals surface area contributed by atoms with Gasteiger partial charge in [-0.3, -0.25) is 4.79 Å². The molecule has 0 aliphatic carbocycles. The molecule has 16 heavy (non-hydrogen) atoms. The molecule has 0 aromatic heterocycles. The summed E-state index contributed by atoms with van der Waals surface area (Å²) >= 11 is 0. The molecule has 2 fully saturated rings. The quantitative estimate of drug-likeness (QED) is 0.751. The zero-order valence-electron chi connectivity index (χ0n) is 9.56. The number of ether oxygens (including phenoxy) is 1. The number of halogens is 1. The van der Waals surface area contributed by atoms with Gasteiger partial charge in [0.05, 0.1) is 0 Å². The first-order valence-corrected chi connectivity index (χ1v) is 5.93. The summed E-state index contributed by atoms with van der Waals surface area (Å²) in [5.74, 6) is 0.157. The zero-order chi connectivity index (χ0) is 10.7. The van der Waals surface area contributed by atoms with Crippen molar-refractivity contribution in [3.05, 3.63) is 0 Å². The molecule has 2 N–H and O–H groups in total. The van der Waals surface area contributed by atoms with Gasteiger partial charge in [-0.15, -0.1) is 12.4 Å². The van der Waals surface area contributed by atoms with Crippen molar-refractivity contribution >= 4 is 18.3 Å². The number of likely N-dealkylation sites (tertiary alicyclic amines) is 1. The van der Waals surface area contributed by atoms with Crippen LogP contribution in [0.1, 0.15) is 32.1 Å². The molecule has 0 saturated carbocycles. The molecule has 1 amide bonds. The van der Waals surface area contributed by atoms with E-state index in [-0.39, 0.29) is 30.5 Å². The molecule has 2 aliphatic heterocycles. The average Bonchev–Trinajstić information content (AvgIpc) is 2.29. The van der Waals surface area contributed by atoms with Crippen LogP contribution in [-0.4, -0.2) is 42.6 Å². The number of carbonyl (C=O) groups excluding carboxylic acids is 1. The average molecular weight is 249 g/mol. The van der Waals surface area contributed by atoms with Crippen LogP contribution in [0.15, 0.2) is 0 Å². The minimum Gasteiger partial charge on any atom is -0.368 e. The molecular weight excluding hydrogens is 228 g/mol. The van der Waals surface area contributed by atoms with E-state index in [0.717, 1.165) is 45.3 Å². The lowest BCUT2D eigenvalue weighted by Crippen LogP contribution is -2.50. The molecule has 2 saturated heterocycles. The third-order valence-electron chi connectivity index (χ3n) is 3.22. The second kappa shape index (κ2) is 6.42. The van der Waals surface area contributed by atoms with E-state index >= 15 is 0 Å². The molecule has 2 heterocycles. The number of nitrogens with two attached hydrogens (primary N) is 1. The van der Waals surface area contributed by atoms with E-state index in [0.29, 0.717) is 6.54 Å². The second-order valence-electron chi connectivity index (χ2n) is 4.54. The van der Waals surface area contributed by atoms with E-state index in [1.807, 2.05) is 4.90 Å². The molecule has 4 nitrogen and oxygen atoms in total. The van der Waals surface area contributed by atoms with Gasteiger partial charge in [-0.05, 0) is 32.1 Å². The van der Waals surface area contributed by atoms with Crippen LogP contribution in [0.2, 0.25) is 0 Å². The Kier molecular flexibility index (Phi) is 5.52. The molecule has 0 bridgehead atoms. The fourth-order valence-electron chi connectivity index (χ4n) is 2.35. The minimum absolute atomic E-state index is 0. The summed E-state index contributed by atoms with van der Waals surface area (Å²) in [6.07, 6.45) is 4.95. The molecule has 2 aliphatic rings. The van der Waals surface area contributed by atoms with Crippen molar-refractivity contribution in [1.29, 1.82) is 0 Å². The van der Waals surface area contributed by atoms with Crippen LogP contribution in [0.4, 0.5) is 0 Å². The van der Waals surface area contributed by atoms with Crippen molar-refractivity contribution in [1.82, 2.24) is 4.90 Å². The summed E-state index contributed by atoms with van der Waals surface area (Å²) in [6, 6.07) is 0.159. The van der Waals surface area contributed by atoms with E-state index in [9.17, 15) is 4.79 Å². The SMILES string of the molecule is Cl.N[C@@H]1CCCN(C(=O)C2CCCCO2)C1. The third-order valence-corrected chi connectivity index (χ3v) is 3.22. The fraction of sp³-hybridized carbons (Fsp3) is 0.909. The van der Waals surface area contributed by atoms with Crippen molar-refractivity contribution in [2.24, 2.45) is 5.73 Å². The summed E-state index contributed by atoms with van der Waals surface area (Å²) in [5.41, 5.74) is 5.86. The lowest BCUT2D eigenvalue weighted by Gasteiger charge is -2.34. The predicted octanol–water partition coefficient (Wildman–Crippen LogP) is 0.927. The van der Waals surface area contributed by atoms with Crippen LogP contribution >= 0.6 is 12.4 Å². The van der Waals surface area contributed by atoms with E-state index in [1.54, 1.807) is 0 Å². The Bertz CT molecular complexity index is 232. The highest BCUT2D eigenvalue weighted by atomic mass is 35.5. The van der Waals surface area contributed by atoms with Crippen molar-refractivity contribution in [3.63, 3.8) is 0 Å². The van der Waals surface area contributed by atoms with Crippen LogP contribution in [0.5, 0.6) is 0 Å². The molecule has 2 atom stereocenters. The number of hydrogen-bond acceptors (Lipinski definition) is 3. The van der Waals surface area contributed by atoms with Gasteiger partial charge in [0.15, 0.2) is 0 Å². The molecule has 0 aromatic carbocycles. The maximum atomic E-state index is 12.0. The maximum Gasteiger partial charge on any atom is 0.251 e. The topological polar surface area (TPSA) is 55.6 Å². The largest absolute Gasteiger partial charge is 0.368 e. The summed E-state index contributed by atoms with van der Waals surface area (Å²) in [4.78, 5) is 13.9. The Morgan fingerprint density at radius 2 is 2.06 bits per heavy atom. The van der Waals surface area contributed by atoms with Gasteiger partial charge in [-0.1, -0.05) is 0 Å². The highest BCUT2D eigenvalue weighted by Gasteiger charge is 2.29. The van der Waals surface area contributed by atoms with Crippen LogP contribution in [0.25, 0.3) is 0 Å². The Hall–Kier alpha value is -0.320. The highest BCUT2D eigenvalue weighted by molar-refractivity contribution is 5.85. The molecular formula is C11H21ClN2O2. The molecule has 2 rings (SSSR count). The Labute approximate surface area is 103 Å². The van der Waals surface area contributed by atoms with Gasteiger partial charge in [0.25, 0.3) is 5.91 Å². The van der Waals surface area contributed by atoms with Crippen LogP contribution in [0, 0.1) is 0 Å². The number of amides is 1. The zero-order valence-corrected chi connectivity index (χ0v) is 10.4. The van der Waals surface area contributed by atoms with Crippen molar-refractivity contribution in [2.45, 2.75) is 44.2 Å². The van der Waals surface area contributed by atoms with Gasteiger partial charge >= 0.3 is 0 Å². The summed E-state index contributed by atoms with van der Waals surface area (Å²) < 4.78 is 5.50. The summed E-state index contributed by atoms with van der Waals surface area (Å²) in [7, 11) is 0. The highest BCUT2D eigenvalue weighted by Crippen LogP contribution is 2.17. The van der Waals surface area contributed by atoms with E-state index < -0.39 is 0 Å². The maximum absolute atomic E-state index is 12.0. The van der Waals surface area contributed by atoms with E-state index in [2.05, 4.69) is 0 Å². The Balaban J connectivity index is 0.00000128. The van der Waals surface area contributed by atoms with Gasteiger partial charge in [-0.2, -0.15) is 0 Å². The Morgan fingerprint density at radius 1 is 1.25 bits per heavy atom. The first-order valence-electron chi connectivity index (χ1n) is 5.93. The summed E-state index contributed by atoms with van der Waals surface area (Å²) in [5, 5.41) is 0. The first kappa shape index (κ1) is 13.7. The van der Waals surface area contributed by atoms with Crippen LogP contribution < -0.4 is 5.73 Å². The van der Waals surface area contributed by atoms with E-state index in [1.165, 1.54) is 0 Å². The van der Waals surface area contributed by atoms with Gasteiger partial charge < -0.3 is 15.4 Å². The van der Waals surface area contributed by atoms with Gasteiger partial charge in [0, 0.05) is 25.7 Å². The van der Waals surface area contributed by atoms with Crippen LogP contribution in [-0.2, 0) is 9.53 Å². The van der Waals surface area contributed by atoms with Gasteiger partial charge in [-0.25, -0.2) is 0 Å². The van der Waals surface area contributed by atoms with Gasteiger partial charge in [0.1, 0.15) is 6.10 Å². The number of piperidine rings is 1. The number of carbonyl (C=O) groups is 1.